The van der Waals surface area contributed by atoms with Crippen molar-refractivity contribution in [2.24, 2.45) is 17.8 Å². The summed E-state index contributed by atoms with van der Waals surface area (Å²) in [5.41, 5.74) is 1.43. The number of ether oxygens (including phenoxy) is 2. The van der Waals surface area contributed by atoms with E-state index in [2.05, 4.69) is 13.8 Å². The second kappa shape index (κ2) is 8.06. The van der Waals surface area contributed by atoms with Crippen LogP contribution >= 0.6 is 0 Å². The third-order valence-electron chi connectivity index (χ3n) is 7.00. The number of hydrogen-bond donors (Lipinski definition) is 0. The average Bonchev–Trinajstić information content (AvgIpc) is 3.00. The van der Waals surface area contributed by atoms with E-state index in [0.29, 0.717) is 36.2 Å². The fourth-order valence-electron chi connectivity index (χ4n) is 5.00. The number of carbonyl (C=O) groups excluding carboxylic acids is 2. The molecule has 30 heavy (non-hydrogen) atoms. The maximum absolute atomic E-state index is 13.7. The number of benzene rings is 1. The SMILES string of the molecule is COc1cccc(C2C3=C(OC4CC(C)C(C)CC4C3=O)C(=O)N2CCN(C)C)c1. The Balaban J connectivity index is 1.76. The van der Waals surface area contributed by atoms with E-state index < -0.39 is 6.04 Å². The van der Waals surface area contributed by atoms with Crippen LogP contribution in [0.4, 0.5) is 0 Å². The van der Waals surface area contributed by atoms with E-state index >= 15 is 0 Å². The molecule has 1 aliphatic carbocycles. The van der Waals surface area contributed by atoms with E-state index in [-0.39, 0.29) is 29.5 Å². The number of rotatable bonds is 5. The molecular weight excluding hydrogens is 380 g/mol. The first-order chi connectivity index (χ1) is 14.3. The van der Waals surface area contributed by atoms with Crippen LogP contribution in [0.3, 0.4) is 0 Å². The van der Waals surface area contributed by atoms with Gasteiger partial charge in [0.15, 0.2) is 11.5 Å². The van der Waals surface area contributed by atoms with E-state index in [4.69, 9.17) is 9.47 Å². The zero-order valence-corrected chi connectivity index (χ0v) is 18.6. The van der Waals surface area contributed by atoms with Crippen LogP contribution in [0.5, 0.6) is 5.75 Å². The van der Waals surface area contributed by atoms with Crippen molar-refractivity contribution in [2.75, 3.05) is 34.3 Å². The number of carbonyl (C=O) groups is 2. The third kappa shape index (κ3) is 3.51. The van der Waals surface area contributed by atoms with Gasteiger partial charge in [0.1, 0.15) is 11.9 Å². The van der Waals surface area contributed by atoms with Crippen LogP contribution < -0.4 is 4.74 Å². The molecule has 2 heterocycles. The summed E-state index contributed by atoms with van der Waals surface area (Å²) in [6, 6.07) is 7.23. The Bertz CT molecular complexity index is 878. The number of hydrogen-bond acceptors (Lipinski definition) is 5. The Morgan fingerprint density at radius 2 is 1.90 bits per heavy atom. The van der Waals surface area contributed by atoms with E-state index in [0.717, 1.165) is 18.4 Å². The number of fused-ring (bicyclic) bond motifs is 1. The molecule has 6 nitrogen and oxygen atoms in total. The Hall–Kier alpha value is -2.34. The normalized spacial score (nSPS) is 31.0. The fraction of sp³-hybridized carbons (Fsp3) is 0.583. The number of likely N-dealkylation sites (N-methyl/N-ethyl adjacent to an activating group) is 1. The van der Waals surface area contributed by atoms with E-state index in [1.807, 2.05) is 43.3 Å². The van der Waals surface area contributed by atoms with Crippen molar-refractivity contribution in [1.82, 2.24) is 9.80 Å². The van der Waals surface area contributed by atoms with Crippen molar-refractivity contribution in [1.29, 1.82) is 0 Å². The molecule has 0 bridgehead atoms. The minimum atomic E-state index is -0.425. The highest BCUT2D eigenvalue weighted by atomic mass is 16.5. The second-order valence-corrected chi connectivity index (χ2v) is 9.28. The Labute approximate surface area is 178 Å². The summed E-state index contributed by atoms with van der Waals surface area (Å²) in [6.07, 6.45) is 1.45. The summed E-state index contributed by atoms with van der Waals surface area (Å²) >= 11 is 0. The zero-order chi connectivity index (χ0) is 21.6. The molecule has 0 radical (unpaired) electrons. The summed E-state index contributed by atoms with van der Waals surface area (Å²) in [5.74, 6) is 1.70. The number of amides is 1. The lowest BCUT2D eigenvalue weighted by atomic mass is 9.70. The molecule has 5 unspecified atom stereocenters. The van der Waals surface area contributed by atoms with Crippen LogP contribution in [-0.2, 0) is 14.3 Å². The first-order valence-corrected chi connectivity index (χ1v) is 10.9. The van der Waals surface area contributed by atoms with Gasteiger partial charge < -0.3 is 19.3 Å². The van der Waals surface area contributed by atoms with Crippen molar-refractivity contribution >= 4 is 11.7 Å². The number of Topliss-reactive ketones (excluding diaryl/α,β-unsaturated/α-hetero) is 1. The van der Waals surface area contributed by atoms with Gasteiger partial charge in [-0.3, -0.25) is 9.59 Å². The molecule has 0 N–H and O–H groups in total. The van der Waals surface area contributed by atoms with Gasteiger partial charge in [0.25, 0.3) is 5.91 Å². The highest BCUT2D eigenvalue weighted by molar-refractivity contribution is 6.11. The van der Waals surface area contributed by atoms with Crippen LogP contribution in [0.1, 0.15) is 38.3 Å². The minimum Gasteiger partial charge on any atom is -0.497 e. The maximum atomic E-state index is 13.7. The van der Waals surface area contributed by atoms with Crippen molar-refractivity contribution in [2.45, 2.75) is 38.8 Å². The molecular formula is C24H32N2O4. The molecule has 162 valence electrons. The summed E-state index contributed by atoms with van der Waals surface area (Å²) in [4.78, 5) is 30.9. The fourth-order valence-corrected chi connectivity index (χ4v) is 5.00. The molecule has 1 amide bonds. The largest absolute Gasteiger partial charge is 0.497 e. The van der Waals surface area contributed by atoms with Crippen LogP contribution in [0.25, 0.3) is 0 Å². The Morgan fingerprint density at radius 3 is 2.60 bits per heavy atom. The number of methoxy groups -OCH3 is 1. The monoisotopic (exact) mass is 412 g/mol. The van der Waals surface area contributed by atoms with Crippen molar-refractivity contribution in [3.63, 3.8) is 0 Å². The topological polar surface area (TPSA) is 59.1 Å². The molecule has 1 aromatic carbocycles. The van der Waals surface area contributed by atoms with Gasteiger partial charge in [0, 0.05) is 13.1 Å². The minimum absolute atomic E-state index is 0.0912. The summed E-state index contributed by atoms with van der Waals surface area (Å²) in [6.45, 7) is 5.65. The van der Waals surface area contributed by atoms with Crippen LogP contribution in [-0.4, -0.2) is 61.9 Å². The molecule has 6 heteroatoms. The molecule has 1 saturated carbocycles. The molecule has 1 fully saturated rings. The molecule has 2 aliphatic heterocycles. The maximum Gasteiger partial charge on any atom is 0.290 e. The Morgan fingerprint density at radius 1 is 1.17 bits per heavy atom. The highest BCUT2D eigenvalue weighted by Gasteiger charge is 2.53. The van der Waals surface area contributed by atoms with E-state index in [9.17, 15) is 9.59 Å². The van der Waals surface area contributed by atoms with Crippen LogP contribution in [0.2, 0.25) is 0 Å². The Kier molecular flexibility index (Phi) is 5.62. The van der Waals surface area contributed by atoms with Gasteiger partial charge >= 0.3 is 0 Å². The smallest absolute Gasteiger partial charge is 0.290 e. The van der Waals surface area contributed by atoms with Crippen molar-refractivity contribution in [3.05, 3.63) is 41.2 Å². The molecule has 0 saturated heterocycles. The van der Waals surface area contributed by atoms with Gasteiger partial charge in [-0.25, -0.2) is 0 Å². The van der Waals surface area contributed by atoms with Crippen LogP contribution in [0.15, 0.2) is 35.6 Å². The van der Waals surface area contributed by atoms with Crippen LogP contribution in [0, 0.1) is 17.8 Å². The number of nitrogens with zero attached hydrogens (tertiary/aromatic N) is 2. The van der Waals surface area contributed by atoms with Gasteiger partial charge in [-0.2, -0.15) is 0 Å². The first-order valence-electron chi connectivity index (χ1n) is 10.9. The molecule has 3 aliphatic rings. The first kappa shape index (κ1) is 20.9. The predicted octanol–water partition coefficient (Wildman–Crippen LogP) is 3.04. The van der Waals surface area contributed by atoms with Crippen molar-refractivity contribution in [3.8, 4) is 5.75 Å². The lowest BCUT2D eigenvalue weighted by Gasteiger charge is -2.40. The second-order valence-electron chi connectivity index (χ2n) is 9.28. The summed E-state index contributed by atoms with van der Waals surface area (Å²) in [5, 5.41) is 0. The zero-order valence-electron chi connectivity index (χ0n) is 18.6. The molecule has 4 rings (SSSR count). The van der Waals surface area contributed by atoms with Gasteiger partial charge in [-0.1, -0.05) is 26.0 Å². The van der Waals surface area contributed by atoms with Gasteiger partial charge in [0.05, 0.1) is 24.6 Å². The molecule has 0 spiro atoms. The molecule has 0 aromatic heterocycles. The summed E-state index contributed by atoms with van der Waals surface area (Å²) in [7, 11) is 5.58. The van der Waals surface area contributed by atoms with Crippen molar-refractivity contribution < 1.29 is 19.1 Å². The van der Waals surface area contributed by atoms with Gasteiger partial charge in [0.2, 0.25) is 0 Å². The highest BCUT2D eigenvalue weighted by Crippen LogP contribution is 2.48. The van der Waals surface area contributed by atoms with E-state index in [1.165, 1.54) is 0 Å². The quantitative estimate of drug-likeness (QED) is 0.744. The standard InChI is InChI=1S/C24H32N2O4/c1-14-11-18-19(12-15(14)2)30-23-20(22(18)27)21(16-7-6-8-17(13-16)29-5)26(24(23)28)10-9-25(3)4/h6-8,13-15,18-19,21H,9-12H2,1-5H3. The molecule has 1 aromatic rings. The average molecular weight is 413 g/mol. The summed E-state index contributed by atoms with van der Waals surface area (Å²) < 4.78 is 11.7. The number of ketones is 1. The lowest BCUT2D eigenvalue weighted by Crippen LogP contribution is -2.43. The van der Waals surface area contributed by atoms with Gasteiger partial charge in [-0.15, -0.1) is 0 Å². The third-order valence-corrected chi connectivity index (χ3v) is 7.00. The molecule has 5 atom stereocenters. The lowest BCUT2D eigenvalue weighted by molar-refractivity contribution is -0.137. The predicted molar refractivity (Wildman–Crippen MR) is 114 cm³/mol. The van der Waals surface area contributed by atoms with Gasteiger partial charge in [-0.05, 0) is 56.5 Å². The van der Waals surface area contributed by atoms with E-state index in [1.54, 1.807) is 12.0 Å².